The Morgan fingerprint density at radius 1 is 1.14 bits per heavy atom. The van der Waals surface area contributed by atoms with Crippen molar-refractivity contribution in [3.63, 3.8) is 0 Å². The molecule has 1 nitrogen and oxygen atoms in total. The van der Waals surface area contributed by atoms with Crippen molar-refractivity contribution in [1.82, 2.24) is 0 Å². The van der Waals surface area contributed by atoms with Crippen LogP contribution < -0.4 is 0 Å². The Morgan fingerprint density at radius 2 is 1.95 bits per heavy atom. The zero-order valence-corrected chi connectivity index (χ0v) is 13.7. The van der Waals surface area contributed by atoms with Crippen LogP contribution in [-0.2, 0) is 0 Å². The van der Waals surface area contributed by atoms with Gasteiger partial charge in [-0.15, -0.1) is 0 Å². The van der Waals surface area contributed by atoms with Crippen molar-refractivity contribution >= 4 is 0 Å². The average Bonchev–Trinajstić information content (AvgIpc) is 2.76. The first-order chi connectivity index (χ1) is 9.95. The smallest absolute Gasteiger partial charge is 0.0543 e. The third kappa shape index (κ3) is 1.79. The summed E-state index contributed by atoms with van der Waals surface area (Å²) in [6.45, 7) is 9.37. The van der Waals surface area contributed by atoms with Crippen molar-refractivity contribution in [3.05, 3.63) is 23.8 Å². The van der Waals surface area contributed by atoms with Crippen LogP contribution in [0.5, 0.6) is 0 Å². The van der Waals surface area contributed by atoms with Gasteiger partial charge in [-0.2, -0.15) is 0 Å². The molecule has 0 aliphatic heterocycles. The third-order valence-corrected chi connectivity index (χ3v) is 7.95. The maximum Gasteiger partial charge on any atom is 0.0543 e. The van der Waals surface area contributed by atoms with E-state index in [9.17, 15) is 5.11 Å². The molecule has 116 valence electrons. The molecule has 4 aliphatic carbocycles. The van der Waals surface area contributed by atoms with Gasteiger partial charge in [0.15, 0.2) is 0 Å². The molecule has 0 bridgehead atoms. The first-order valence-electron chi connectivity index (χ1n) is 9.02. The van der Waals surface area contributed by atoms with Crippen LogP contribution in [0.3, 0.4) is 0 Å². The summed E-state index contributed by atoms with van der Waals surface area (Å²) in [5.74, 6) is 2.37. The van der Waals surface area contributed by atoms with Crippen molar-refractivity contribution in [3.8, 4) is 0 Å². The molecular weight excluding hydrogens is 256 g/mol. The standard InChI is InChI=1S/C20H30O/c1-13-4-7-17-16-6-5-14-12-15(21)8-10-20(14,3)18(16)9-11-19(13,17)2/h9,14-17,21H,1,4-8,10-12H2,2-3H3/t14-,15-,16?,17?,19-,20+/m1/s1. The van der Waals surface area contributed by atoms with Gasteiger partial charge in [0.05, 0.1) is 6.10 Å². The van der Waals surface area contributed by atoms with Gasteiger partial charge in [-0.1, -0.05) is 37.6 Å². The molecule has 0 radical (unpaired) electrons. The Labute approximate surface area is 129 Å². The highest BCUT2D eigenvalue weighted by Crippen LogP contribution is 2.64. The van der Waals surface area contributed by atoms with Gasteiger partial charge in [0.2, 0.25) is 0 Å². The molecule has 0 spiro atoms. The van der Waals surface area contributed by atoms with E-state index in [1.165, 1.54) is 44.1 Å². The lowest BCUT2D eigenvalue weighted by Crippen LogP contribution is -2.47. The lowest BCUT2D eigenvalue weighted by Gasteiger charge is -2.56. The van der Waals surface area contributed by atoms with Crippen LogP contribution in [0.2, 0.25) is 0 Å². The van der Waals surface area contributed by atoms with Crippen LogP contribution >= 0.6 is 0 Å². The fraction of sp³-hybridized carbons (Fsp3) is 0.800. The number of aliphatic hydroxyl groups is 1. The molecule has 0 amide bonds. The quantitative estimate of drug-likeness (QED) is 0.630. The summed E-state index contributed by atoms with van der Waals surface area (Å²) >= 11 is 0. The molecule has 0 aromatic rings. The number of fused-ring (bicyclic) bond motifs is 5. The van der Waals surface area contributed by atoms with Gasteiger partial charge in [-0.3, -0.25) is 0 Å². The number of rotatable bonds is 0. The van der Waals surface area contributed by atoms with Gasteiger partial charge < -0.3 is 5.11 Å². The Morgan fingerprint density at radius 3 is 2.76 bits per heavy atom. The minimum atomic E-state index is -0.0414. The summed E-state index contributed by atoms with van der Waals surface area (Å²) in [4.78, 5) is 0. The Bertz CT molecular complexity index is 504. The molecule has 3 saturated carbocycles. The van der Waals surface area contributed by atoms with Crippen LogP contribution in [-0.4, -0.2) is 11.2 Å². The average molecular weight is 286 g/mol. The van der Waals surface area contributed by atoms with E-state index in [4.69, 9.17) is 0 Å². The first kappa shape index (κ1) is 14.1. The largest absolute Gasteiger partial charge is 0.393 e. The molecule has 0 aromatic carbocycles. The van der Waals surface area contributed by atoms with Crippen LogP contribution in [0.1, 0.15) is 65.2 Å². The maximum absolute atomic E-state index is 10.1. The van der Waals surface area contributed by atoms with Crippen LogP contribution in [0.4, 0.5) is 0 Å². The predicted molar refractivity (Wildman–Crippen MR) is 86.8 cm³/mol. The van der Waals surface area contributed by atoms with E-state index in [0.717, 1.165) is 30.6 Å². The minimum absolute atomic E-state index is 0.0414. The van der Waals surface area contributed by atoms with Gasteiger partial charge in [0.25, 0.3) is 0 Å². The highest BCUT2D eigenvalue weighted by molar-refractivity contribution is 5.33. The van der Waals surface area contributed by atoms with E-state index in [2.05, 4.69) is 26.5 Å². The first-order valence-corrected chi connectivity index (χ1v) is 9.02. The normalized spacial score (nSPS) is 52.7. The van der Waals surface area contributed by atoms with Crippen molar-refractivity contribution in [2.24, 2.45) is 28.6 Å². The highest BCUT2D eigenvalue weighted by atomic mass is 16.3. The number of hydrogen-bond acceptors (Lipinski definition) is 1. The fourth-order valence-electron chi connectivity index (χ4n) is 6.41. The summed E-state index contributed by atoms with van der Waals surface area (Å²) in [5, 5.41) is 10.1. The highest BCUT2D eigenvalue weighted by Gasteiger charge is 2.55. The summed E-state index contributed by atoms with van der Waals surface area (Å²) in [6, 6.07) is 0. The number of aliphatic hydroxyl groups excluding tert-OH is 1. The van der Waals surface area contributed by atoms with E-state index in [-0.39, 0.29) is 6.10 Å². The second kappa shape index (κ2) is 4.47. The van der Waals surface area contributed by atoms with Crippen molar-refractivity contribution < 1.29 is 5.11 Å². The molecular formula is C20H30O. The molecule has 0 aromatic heterocycles. The number of hydrogen-bond donors (Lipinski definition) is 1. The van der Waals surface area contributed by atoms with Gasteiger partial charge >= 0.3 is 0 Å². The molecule has 4 rings (SSSR count). The second-order valence-corrected chi connectivity index (χ2v) is 8.76. The zero-order chi connectivity index (χ0) is 14.8. The molecule has 6 atom stereocenters. The van der Waals surface area contributed by atoms with Gasteiger partial charge in [-0.05, 0) is 80.0 Å². The van der Waals surface area contributed by atoms with E-state index < -0.39 is 0 Å². The van der Waals surface area contributed by atoms with Gasteiger partial charge in [0.1, 0.15) is 0 Å². The molecule has 1 heteroatoms. The summed E-state index contributed by atoms with van der Waals surface area (Å²) in [5.41, 5.74) is 4.05. The fourth-order valence-corrected chi connectivity index (χ4v) is 6.41. The lowest BCUT2D eigenvalue weighted by atomic mass is 9.49. The van der Waals surface area contributed by atoms with Crippen LogP contribution in [0.15, 0.2) is 23.8 Å². The molecule has 1 N–H and O–H groups in total. The van der Waals surface area contributed by atoms with E-state index in [1.54, 1.807) is 5.57 Å². The lowest BCUT2D eigenvalue weighted by molar-refractivity contribution is -0.00469. The molecule has 0 saturated heterocycles. The summed E-state index contributed by atoms with van der Waals surface area (Å²) in [6.07, 6.45) is 12.3. The molecule has 3 fully saturated rings. The molecule has 0 heterocycles. The Balaban J connectivity index is 1.71. The zero-order valence-electron chi connectivity index (χ0n) is 13.7. The monoisotopic (exact) mass is 286 g/mol. The summed E-state index contributed by atoms with van der Waals surface area (Å²) < 4.78 is 0. The summed E-state index contributed by atoms with van der Waals surface area (Å²) in [7, 11) is 0. The predicted octanol–water partition coefficient (Wildman–Crippen LogP) is 4.87. The van der Waals surface area contributed by atoms with Crippen LogP contribution in [0.25, 0.3) is 0 Å². The Kier molecular flexibility index (Phi) is 2.99. The Hall–Kier alpha value is -0.560. The minimum Gasteiger partial charge on any atom is -0.393 e. The maximum atomic E-state index is 10.1. The van der Waals surface area contributed by atoms with Crippen molar-refractivity contribution in [2.45, 2.75) is 71.3 Å². The molecule has 21 heavy (non-hydrogen) atoms. The van der Waals surface area contributed by atoms with Crippen molar-refractivity contribution in [2.75, 3.05) is 0 Å². The van der Waals surface area contributed by atoms with E-state index in [1.807, 2.05) is 0 Å². The number of allylic oxidation sites excluding steroid dienone is 3. The van der Waals surface area contributed by atoms with E-state index in [0.29, 0.717) is 10.8 Å². The van der Waals surface area contributed by atoms with Gasteiger partial charge in [-0.25, -0.2) is 0 Å². The van der Waals surface area contributed by atoms with Gasteiger partial charge in [0, 0.05) is 0 Å². The van der Waals surface area contributed by atoms with Crippen molar-refractivity contribution in [1.29, 1.82) is 0 Å². The molecule has 2 unspecified atom stereocenters. The molecule has 4 aliphatic rings. The third-order valence-electron chi connectivity index (χ3n) is 7.95. The van der Waals surface area contributed by atoms with Crippen LogP contribution in [0, 0.1) is 28.6 Å². The van der Waals surface area contributed by atoms with E-state index >= 15 is 0 Å². The topological polar surface area (TPSA) is 20.2 Å². The SMILES string of the molecule is C=C1CCC2C3CC[C@@H]4C[C@H](O)CC[C@]4(C)C3=CC[C@]12C. The second-order valence-electron chi connectivity index (χ2n) is 8.76.